The molecular weight excluding hydrogens is 420 g/mol. The van der Waals surface area contributed by atoms with Gasteiger partial charge in [0.15, 0.2) is 11.5 Å². The third kappa shape index (κ3) is 4.67. The van der Waals surface area contributed by atoms with Crippen LogP contribution in [0.25, 0.3) is 0 Å². The number of fused-ring (bicyclic) bond motifs is 1. The van der Waals surface area contributed by atoms with Crippen molar-refractivity contribution in [2.24, 2.45) is 0 Å². The van der Waals surface area contributed by atoms with E-state index in [-0.39, 0.29) is 11.9 Å². The molecule has 0 bridgehead atoms. The van der Waals surface area contributed by atoms with Gasteiger partial charge in [0.05, 0.1) is 33.1 Å². The number of ether oxygens (including phenoxy) is 4. The number of amides is 1. The van der Waals surface area contributed by atoms with E-state index in [4.69, 9.17) is 18.9 Å². The van der Waals surface area contributed by atoms with Gasteiger partial charge in [0.1, 0.15) is 12.4 Å². The Labute approximate surface area is 193 Å². The minimum Gasteiger partial charge on any atom is -0.493 e. The number of rotatable bonds is 7. The van der Waals surface area contributed by atoms with Gasteiger partial charge in [0, 0.05) is 29.9 Å². The first-order chi connectivity index (χ1) is 16.0. The first-order valence-electron chi connectivity index (χ1n) is 10.7. The number of hydrogen-bond acceptors (Lipinski definition) is 6. The first-order valence-corrected chi connectivity index (χ1v) is 10.7. The molecule has 1 aliphatic heterocycles. The minimum atomic E-state index is -0.245. The van der Waals surface area contributed by atoms with E-state index in [9.17, 15) is 4.79 Å². The average molecular weight is 449 g/mol. The number of benzene rings is 3. The van der Waals surface area contributed by atoms with Crippen LogP contribution in [0.15, 0.2) is 60.7 Å². The zero-order valence-electron chi connectivity index (χ0n) is 19.3. The Bertz CT molecular complexity index is 1110. The highest BCUT2D eigenvalue weighted by Gasteiger charge is 2.26. The highest BCUT2D eigenvalue weighted by atomic mass is 16.5. The third-order valence-corrected chi connectivity index (χ3v) is 5.66. The van der Waals surface area contributed by atoms with Crippen molar-refractivity contribution in [2.75, 3.05) is 38.2 Å². The second-order valence-corrected chi connectivity index (χ2v) is 7.82. The number of carbonyl (C=O) groups is 1. The lowest BCUT2D eigenvalue weighted by molar-refractivity contribution is 0.102. The Hall–Kier alpha value is -3.87. The summed E-state index contributed by atoms with van der Waals surface area (Å²) in [6, 6.07) is 19.3. The number of methoxy groups -OCH3 is 3. The quantitative estimate of drug-likeness (QED) is 0.563. The smallest absolute Gasteiger partial charge is 0.255 e. The van der Waals surface area contributed by atoms with Gasteiger partial charge in [-0.2, -0.15) is 0 Å². The number of carbonyl (C=O) groups excluding carboxylic acids is 1. The summed E-state index contributed by atoms with van der Waals surface area (Å²) in [6.45, 7) is 3.45. The standard InChI is InChI=1S/C26H28N2O5/c1-17-16-33-22-11-10-19(12-21(22)28(17)15-18-8-6-5-7-9-18)26(29)27-20-13-23(30-2)25(32-4)24(14-20)31-3/h5-14,17H,15-16H2,1-4H3,(H,27,29)/t17-/m1/s1. The van der Waals surface area contributed by atoms with Crippen LogP contribution in [0.2, 0.25) is 0 Å². The van der Waals surface area contributed by atoms with E-state index >= 15 is 0 Å². The molecule has 0 aromatic heterocycles. The molecule has 4 rings (SSSR count). The van der Waals surface area contributed by atoms with Crippen molar-refractivity contribution in [1.82, 2.24) is 0 Å². The molecule has 1 N–H and O–H groups in total. The normalized spacial score (nSPS) is 14.7. The zero-order chi connectivity index (χ0) is 23.4. The molecule has 1 amide bonds. The van der Waals surface area contributed by atoms with Crippen molar-refractivity contribution in [3.63, 3.8) is 0 Å². The predicted octanol–water partition coefficient (Wildman–Crippen LogP) is 4.75. The minimum absolute atomic E-state index is 0.172. The van der Waals surface area contributed by atoms with Crippen LogP contribution in [0.1, 0.15) is 22.8 Å². The Morgan fingerprint density at radius 3 is 2.33 bits per heavy atom. The second-order valence-electron chi connectivity index (χ2n) is 7.82. The molecule has 7 nitrogen and oxygen atoms in total. The van der Waals surface area contributed by atoms with Crippen LogP contribution < -0.4 is 29.2 Å². The molecule has 0 saturated carbocycles. The maximum Gasteiger partial charge on any atom is 0.255 e. The van der Waals surface area contributed by atoms with Crippen LogP contribution in [0.4, 0.5) is 11.4 Å². The van der Waals surface area contributed by atoms with E-state index in [0.29, 0.717) is 35.1 Å². The van der Waals surface area contributed by atoms with E-state index in [2.05, 4.69) is 29.3 Å². The molecule has 0 spiro atoms. The highest BCUT2D eigenvalue weighted by Crippen LogP contribution is 2.40. The Morgan fingerprint density at radius 2 is 1.70 bits per heavy atom. The molecule has 33 heavy (non-hydrogen) atoms. The second kappa shape index (κ2) is 9.73. The molecule has 0 aliphatic carbocycles. The molecule has 172 valence electrons. The van der Waals surface area contributed by atoms with Gasteiger partial charge in [0.2, 0.25) is 5.75 Å². The van der Waals surface area contributed by atoms with Crippen molar-refractivity contribution in [3.8, 4) is 23.0 Å². The van der Waals surface area contributed by atoms with E-state index in [0.717, 1.165) is 18.0 Å². The fourth-order valence-electron chi connectivity index (χ4n) is 3.92. The third-order valence-electron chi connectivity index (χ3n) is 5.66. The van der Waals surface area contributed by atoms with E-state index < -0.39 is 0 Å². The number of anilines is 2. The fourth-order valence-corrected chi connectivity index (χ4v) is 3.92. The number of hydrogen-bond donors (Lipinski definition) is 1. The fraction of sp³-hybridized carbons (Fsp3) is 0.269. The molecule has 3 aromatic carbocycles. The summed E-state index contributed by atoms with van der Waals surface area (Å²) in [5.74, 6) is 1.93. The van der Waals surface area contributed by atoms with Crippen LogP contribution in [-0.4, -0.2) is 39.9 Å². The summed E-state index contributed by atoms with van der Waals surface area (Å²) in [6.07, 6.45) is 0. The van der Waals surface area contributed by atoms with Gasteiger partial charge in [-0.25, -0.2) is 0 Å². The molecule has 1 heterocycles. The van der Waals surface area contributed by atoms with Crippen molar-refractivity contribution in [1.29, 1.82) is 0 Å². The lowest BCUT2D eigenvalue weighted by Crippen LogP contribution is -2.40. The molecule has 0 saturated heterocycles. The highest BCUT2D eigenvalue weighted by molar-refractivity contribution is 6.05. The van der Waals surface area contributed by atoms with Crippen molar-refractivity contribution in [2.45, 2.75) is 19.5 Å². The van der Waals surface area contributed by atoms with Crippen molar-refractivity contribution < 1.29 is 23.7 Å². The lowest BCUT2D eigenvalue weighted by atomic mass is 10.1. The van der Waals surface area contributed by atoms with Crippen LogP contribution in [0, 0.1) is 0 Å². The summed E-state index contributed by atoms with van der Waals surface area (Å²) >= 11 is 0. The van der Waals surface area contributed by atoms with Crippen LogP contribution in [-0.2, 0) is 6.54 Å². The molecule has 7 heteroatoms. The van der Waals surface area contributed by atoms with Gasteiger partial charge in [-0.3, -0.25) is 4.79 Å². The van der Waals surface area contributed by atoms with E-state index in [1.165, 1.54) is 26.9 Å². The van der Waals surface area contributed by atoms with Gasteiger partial charge < -0.3 is 29.2 Å². The maximum absolute atomic E-state index is 13.1. The Balaban J connectivity index is 1.61. The van der Waals surface area contributed by atoms with E-state index in [1.54, 1.807) is 18.2 Å². The Morgan fingerprint density at radius 1 is 1.00 bits per heavy atom. The largest absolute Gasteiger partial charge is 0.493 e. The summed E-state index contributed by atoms with van der Waals surface area (Å²) in [5, 5.41) is 2.93. The molecular formula is C26H28N2O5. The van der Waals surface area contributed by atoms with E-state index in [1.807, 2.05) is 30.3 Å². The Kier molecular flexibility index (Phi) is 6.58. The topological polar surface area (TPSA) is 69.3 Å². The molecule has 1 aliphatic rings. The summed E-state index contributed by atoms with van der Waals surface area (Å²) in [7, 11) is 4.61. The van der Waals surface area contributed by atoms with Gasteiger partial charge in [0.25, 0.3) is 5.91 Å². The molecule has 0 fully saturated rings. The molecule has 1 atom stereocenters. The summed E-state index contributed by atoms with van der Waals surface area (Å²) < 4.78 is 22.0. The summed E-state index contributed by atoms with van der Waals surface area (Å²) in [4.78, 5) is 15.4. The van der Waals surface area contributed by atoms with Crippen LogP contribution >= 0.6 is 0 Å². The number of nitrogens with one attached hydrogen (secondary N) is 1. The number of nitrogens with zero attached hydrogens (tertiary/aromatic N) is 1. The first kappa shape index (κ1) is 22.3. The zero-order valence-corrected chi connectivity index (χ0v) is 19.3. The SMILES string of the molecule is COc1cc(NC(=O)c2ccc3c(c2)N(Cc2ccccc2)[C@H](C)CO3)cc(OC)c1OC. The van der Waals surface area contributed by atoms with Gasteiger partial charge in [-0.15, -0.1) is 0 Å². The monoisotopic (exact) mass is 448 g/mol. The predicted molar refractivity (Wildman–Crippen MR) is 128 cm³/mol. The maximum atomic E-state index is 13.1. The molecule has 0 unspecified atom stereocenters. The summed E-state index contributed by atoms with van der Waals surface area (Å²) in [5.41, 5.74) is 3.16. The van der Waals surface area contributed by atoms with Crippen LogP contribution in [0.5, 0.6) is 23.0 Å². The van der Waals surface area contributed by atoms with Gasteiger partial charge in [-0.05, 0) is 30.7 Å². The van der Waals surface area contributed by atoms with Gasteiger partial charge in [-0.1, -0.05) is 30.3 Å². The van der Waals surface area contributed by atoms with Crippen molar-refractivity contribution in [3.05, 3.63) is 71.8 Å². The average Bonchev–Trinajstić information content (AvgIpc) is 2.85. The van der Waals surface area contributed by atoms with Crippen molar-refractivity contribution >= 4 is 17.3 Å². The molecule has 0 radical (unpaired) electrons. The molecule has 3 aromatic rings. The van der Waals surface area contributed by atoms with Gasteiger partial charge >= 0.3 is 0 Å². The van der Waals surface area contributed by atoms with Crippen LogP contribution in [0.3, 0.4) is 0 Å². The lowest BCUT2D eigenvalue weighted by Gasteiger charge is -2.37.